The molecule has 0 aliphatic rings. The number of benzene rings is 1. The van der Waals surface area contributed by atoms with Crippen LogP contribution in [-0.2, 0) is 4.79 Å². The van der Waals surface area contributed by atoms with Crippen LogP contribution in [0.3, 0.4) is 0 Å². The van der Waals surface area contributed by atoms with Gasteiger partial charge < -0.3 is 15.6 Å². The molecule has 0 heterocycles. The lowest BCUT2D eigenvalue weighted by Gasteiger charge is -2.16. The molecule has 4 nitrogen and oxygen atoms in total. The molecule has 0 bridgehead atoms. The molecule has 15 heavy (non-hydrogen) atoms. The SMILES string of the molecule is CC(C(=O)O)C(N)COc1ccccc1. The standard InChI is InChI=1S/C11H15NO3/c1-8(11(13)14)10(12)7-15-9-5-3-2-4-6-9/h2-6,8,10H,7,12H2,1H3,(H,13,14). The van der Waals surface area contributed by atoms with Crippen LogP contribution in [0.4, 0.5) is 0 Å². The van der Waals surface area contributed by atoms with Gasteiger partial charge in [-0.25, -0.2) is 0 Å². The van der Waals surface area contributed by atoms with E-state index in [2.05, 4.69) is 0 Å². The maximum absolute atomic E-state index is 10.6. The van der Waals surface area contributed by atoms with Crippen LogP contribution >= 0.6 is 0 Å². The summed E-state index contributed by atoms with van der Waals surface area (Å²) < 4.78 is 5.35. The summed E-state index contributed by atoms with van der Waals surface area (Å²) in [6.07, 6.45) is 0. The van der Waals surface area contributed by atoms with E-state index in [1.165, 1.54) is 0 Å². The number of rotatable bonds is 5. The number of ether oxygens (including phenoxy) is 1. The van der Waals surface area contributed by atoms with Crippen LogP contribution in [0.15, 0.2) is 30.3 Å². The molecule has 2 unspecified atom stereocenters. The molecule has 0 aliphatic carbocycles. The summed E-state index contributed by atoms with van der Waals surface area (Å²) in [6, 6.07) is 8.69. The van der Waals surface area contributed by atoms with Gasteiger partial charge in [-0.3, -0.25) is 4.79 Å². The quantitative estimate of drug-likeness (QED) is 0.762. The summed E-state index contributed by atoms with van der Waals surface area (Å²) >= 11 is 0. The zero-order valence-corrected chi connectivity index (χ0v) is 8.59. The van der Waals surface area contributed by atoms with Crippen molar-refractivity contribution in [2.24, 2.45) is 11.7 Å². The van der Waals surface area contributed by atoms with Crippen LogP contribution in [0.2, 0.25) is 0 Å². The molecule has 0 fully saturated rings. The second-order valence-electron chi connectivity index (χ2n) is 3.41. The predicted octanol–water partition coefficient (Wildman–Crippen LogP) is 1.11. The van der Waals surface area contributed by atoms with Gasteiger partial charge in [-0.1, -0.05) is 25.1 Å². The Morgan fingerprint density at radius 1 is 1.47 bits per heavy atom. The molecule has 1 aromatic rings. The van der Waals surface area contributed by atoms with Gasteiger partial charge in [0.25, 0.3) is 0 Å². The second kappa shape index (κ2) is 5.36. The molecule has 0 saturated heterocycles. The molecule has 82 valence electrons. The number of nitrogens with two attached hydrogens (primary N) is 1. The van der Waals surface area contributed by atoms with Crippen LogP contribution in [0.5, 0.6) is 5.75 Å². The van der Waals surface area contributed by atoms with Crippen LogP contribution in [0.1, 0.15) is 6.92 Å². The molecule has 0 radical (unpaired) electrons. The zero-order valence-electron chi connectivity index (χ0n) is 8.59. The van der Waals surface area contributed by atoms with Crippen LogP contribution in [-0.4, -0.2) is 23.7 Å². The number of hydrogen-bond acceptors (Lipinski definition) is 3. The summed E-state index contributed by atoms with van der Waals surface area (Å²) in [4.78, 5) is 10.6. The van der Waals surface area contributed by atoms with E-state index in [0.29, 0.717) is 5.75 Å². The van der Waals surface area contributed by atoms with Crippen molar-refractivity contribution in [2.75, 3.05) is 6.61 Å². The fourth-order valence-electron chi connectivity index (χ4n) is 1.04. The molecule has 0 amide bonds. The smallest absolute Gasteiger partial charge is 0.307 e. The Hall–Kier alpha value is -1.55. The summed E-state index contributed by atoms with van der Waals surface area (Å²) in [6.45, 7) is 1.78. The van der Waals surface area contributed by atoms with Gasteiger partial charge in [0.2, 0.25) is 0 Å². The number of carbonyl (C=O) groups is 1. The van der Waals surface area contributed by atoms with Crippen molar-refractivity contribution in [3.05, 3.63) is 30.3 Å². The predicted molar refractivity (Wildman–Crippen MR) is 56.7 cm³/mol. The van der Waals surface area contributed by atoms with E-state index < -0.39 is 17.9 Å². The van der Waals surface area contributed by atoms with Crippen molar-refractivity contribution in [1.29, 1.82) is 0 Å². The molecule has 1 rings (SSSR count). The highest BCUT2D eigenvalue weighted by molar-refractivity contribution is 5.70. The highest BCUT2D eigenvalue weighted by Gasteiger charge is 2.20. The maximum atomic E-state index is 10.6. The maximum Gasteiger partial charge on any atom is 0.307 e. The van der Waals surface area contributed by atoms with Crippen molar-refractivity contribution >= 4 is 5.97 Å². The van der Waals surface area contributed by atoms with Gasteiger partial charge in [0.05, 0.1) is 12.0 Å². The van der Waals surface area contributed by atoms with E-state index in [9.17, 15) is 4.79 Å². The third-order valence-electron chi connectivity index (χ3n) is 2.22. The normalized spacial score (nSPS) is 14.3. The Labute approximate surface area is 88.7 Å². The van der Waals surface area contributed by atoms with Crippen molar-refractivity contribution < 1.29 is 14.6 Å². The molecular weight excluding hydrogens is 194 g/mol. The van der Waals surface area contributed by atoms with Crippen LogP contribution in [0, 0.1) is 5.92 Å². The van der Waals surface area contributed by atoms with Gasteiger partial charge in [0.15, 0.2) is 0 Å². The first-order valence-corrected chi connectivity index (χ1v) is 4.77. The lowest BCUT2D eigenvalue weighted by atomic mass is 10.0. The molecule has 2 atom stereocenters. The van der Waals surface area contributed by atoms with E-state index >= 15 is 0 Å². The van der Waals surface area contributed by atoms with Crippen LogP contribution in [0.25, 0.3) is 0 Å². The number of aliphatic carboxylic acids is 1. The average molecular weight is 209 g/mol. The summed E-state index contributed by atoms with van der Waals surface area (Å²) in [5.41, 5.74) is 5.66. The average Bonchev–Trinajstić information content (AvgIpc) is 2.26. The lowest BCUT2D eigenvalue weighted by Crippen LogP contribution is -2.38. The van der Waals surface area contributed by atoms with Crippen molar-refractivity contribution in [3.63, 3.8) is 0 Å². The Balaban J connectivity index is 2.41. The van der Waals surface area contributed by atoms with Crippen molar-refractivity contribution in [2.45, 2.75) is 13.0 Å². The monoisotopic (exact) mass is 209 g/mol. The first kappa shape index (κ1) is 11.5. The van der Waals surface area contributed by atoms with Gasteiger partial charge in [-0.05, 0) is 12.1 Å². The highest BCUT2D eigenvalue weighted by atomic mass is 16.5. The number of hydrogen-bond donors (Lipinski definition) is 2. The Kier molecular flexibility index (Phi) is 4.12. The topological polar surface area (TPSA) is 72.5 Å². The molecule has 0 aromatic heterocycles. The Bertz CT molecular complexity index is 313. The van der Waals surface area contributed by atoms with E-state index in [0.717, 1.165) is 0 Å². The van der Waals surface area contributed by atoms with Gasteiger partial charge in [-0.15, -0.1) is 0 Å². The van der Waals surface area contributed by atoms with Gasteiger partial charge in [0.1, 0.15) is 12.4 Å². The van der Waals surface area contributed by atoms with E-state index in [1.54, 1.807) is 19.1 Å². The molecule has 4 heteroatoms. The molecule has 0 spiro atoms. The Morgan fingerprint density at radius 3 is 2.60 bits per heavy atom. The molecule has 3 N–H and O–H groups in total. The minimum atomic E-state index is -0.904. The molecule has 0 aliphatic heterocycles. The minimum absolute atomic E-state index is 0.206. The fourth-order valence-corrected chi connectivity index (χ4v) is 1.04. The third kappa shape index (κ3) is 3.59. The largest absolute Gasteiger partial charge is 0.492 e. The number of carboxylic acid groups (broad SMARTS) is 1. The first-order valence-electron chi connectivity index (χ1n) is 4.77. The minimum Gasteiger partial charge on any atom is -0.492 e. The number of para-hydroxylation sites is 1. The summed E-state index contributed by atoms with van der Waals surface area (Å²) in [5, 5.41) is 8.71. The van der Waals surface area contributed by atoms with E-state index in [-0.39, 0.29) is 6.61 Å². The van der Waals surface area contributed by atoms with Gasteiger partial charge in [0, 0.05) is 0 Å². The number of carboxylic acids is 1. The molecule has 0 saturated carbocycles. The van der Waals surface area contributed by atoms with Gasteiger partial charge in [-0.2, -0.15) is 0 Å². The summed E-state index contributed by atoms with van der Waals surface area (Å²) in [7, 11) is 0. The van der Waals surface area contributed by atoms with Crippen molar-refractivity contribution in [1.82, 2.24) is 0 Å². The lowest BCUT2D eigenvalue weighted by molar-refractivity contribution is -0.142. The highest BCUT2D eigenvalue weighted by Crippen LogP contribution is 2.10. The zero-order chi connectivity index (χ0) is 11.3. The second-order valence-corrected chi connectivity index (χ2v) is 3.41. The molecular formula is C11H15NO3. The van der Waals surface area contributed by atoms with Gasteiger partial charge >= 0.3 is 5.97 Å². The summed E-state index contributed by atoms with van der Waals surface area (Å²) in [5.74, 6) is -0.807. The van der Waals surface area contributed by atoms with E-state index in [4.69, 9.17) is 15.6 Å². The molecule has 1 aromatic carbocycles. The third-order valence-corrected chi connectivity index (χ3v) is 2.22. The fraction of sp³-hybridized carbons (Fsp3) is 0.364. The first-order chi connectivity index (χ1) is 7.11. The van der Waals surface area contributed by atoms with Crippen molar-refractivity contribution in [3.8, 4) is 5.75 Å². The van der Waals surface area contributed by atoms with Crippen LogP contribution < -0.4 is 10.5 Å². The van der Waals surface area contributed by atoms with E-state index in [1.807, 2.05) is 18.2 Å². The Morgan fingerprint density at radius 2 is 2.07 bits per heavy atom.